The first-order valence-corrected chi connectivity index (χ1v) is 12.0. The van der Waals surface area contributed by atoms with Gasteiger partial charge >= 0.3 is 0 Å². The summed E-state index contributed by atoms with van der Waals surface area (Å²) >= 11 is 0. The largest absolute Gasteiger partial charge is 0.354 e. The number of hydrogen-bond acceptors (Lipinski definition) is 6. The first-order chi connectivity index (χ1) is 15.3. The number of aryl methyl sites for hydroxylation is 1. The van der Waals surface area contributed by atoms with Gasteiger partial charge in [-0.2, -0.15) is 14.5 Å². The van der Waals surface area contributed by atoms with Gasteiger partial charge in [-0.05, 0) is 29.8 Å². The normalized spacial score (nSPS) is 15.5. The number of H-pyrrole nitrogens is 1. The summed E-state index contributed by atoms with van der Waals surface area (Å²) in [6, 6.07) is 7.12. The van der Waals surface area contributed by atoms with Gasteiger partial charge in [0.1, 0.15) is 11.3 Å². The Balaban J connectivity index is 1.49. The molecule has 0 bridgehead atoms. The minimum Gasteiger partial charge on any atom is -0.354 e. The van der Waals surface area contributed by atoms with Crippen LogP contribution in [0.2, 0.25) is 0 Å². The van der Waals surface area contributed by atoms with E-state index in [0.717, 1.165) is 22.5 Å². The molecule has 0 amide bonds. The lowest BCUT2D eigenvalue weighted by molar-refractivity contribution is 0.387. The van der Waals surface area contributed by atoms with Gasteiger partial charge in [-0.25, -0.2) is 17.8 Å². The van der Waals surface area contributed by atoms with Crippen LogP contribution in [0.3, 0.4) is 0 Å². The molecular weight excluding hydrogens is 433 g/mol. The number of pyridine rings is 1. The molecule has 32 heavy (non-hydrogen) atoms. The Morgan fingerprint density at radius 3 is 2.53 bits per heavy atom. The number of halogens is 1. The van der Waals surface area contributed by atoms with E-state index in [0.29, 0.717) is 37.3 Å². The van der Waals surface area contributed by atoms with Gasteiger partial charge in [-0.1, -0.05) is 0 Å². The monoisotopic (exact) mass is 455 g/mol. The second-order valence-electron chi connectivity index (χ2n) is 7.91. The summed E-state index contributed by atoms with van der Waals surface area (Å²) < 4.78 is 41.5. The van der Waals surface area contributed by atoms with Gasteiger partial charge < -0.3 is 4.90 Å². The molecule has 1 saturated heterocycles. The van der Waals surface area contributed by atoms with Crippen LogP contribution in [-0.4, -0.2) is 70.1 Å². The highest BCUT2D eigenvalue weighted by Crippen LogP contribution is 2.33. The highest BCUT2D eigenvalue weighted by atomic mass is 32.2. The molecule has 1 aliphatic rings. The molecule has 0 radical (unpaired) electrons. The summed E-state index contributed by atoms with van der Waals surface area (Å²) in [5.41, 5.74) is 3.33. The van der Waals surface area contributed by atoms with Crippen molar-refractivity contribution in [3.05, 3.63) is 48.7 Å². The summed E-state index contributed by atoms with van der Waals surface area (Å²) in [4.78, 5) is 6.51. The predicted octanol–water partition coefficient (Wildman–Crippen LogP) is 2.25. The zero-order chi connectivity index (χ0) is 22.5. The first kappa shape index (κ1) is 20.6. The number of fused-ring (bicyclic) bond motifs is 1. The van der Waals surface area contributed by atoms with Crippen molar-refractivity contribution in [1.82, 2.24) is 29.3 Å². The standard InChI is InChI=1S/C21H22FN7O2S/c1-27-13-16(12-24-27)15-9-17-20(25-26-21(17)18(22)10-15)14-3-4-23-19(11-14)28-5-7-29(8-6-28)32(2,30)31/h3-4,9-13H,5-8H2,1-2H3,(H,25,26). The van der Waals surface area contributed by atoms with E-state index in [2.05, 4.69) is 20.3 Å². The van der Waals surface area contributed by atoms with Gasteiger partial charge in [0.2, 0.25) is 10.0 Å². The zero-order valence-corrected chi connectivity index (χ0v) is 18.5. The van der Waals surface area contributed by atoms with Crippen molar-refractivity contribution in [2.45, 2.75) is 0 Å². The van der Waals surface area contributed by atoms with E-state index in [9.17, 15) is 12.8 Å². The SMILES string of the molecule is Cn1cc(-c2cc(F)c3n[nH]c(-c4ccnc(N5CCN(S(C)(=O)=O)CC5)c4)c3c2)cn1. The van der Waals surface area contributed by atoms with E-state index < -0.39 is 15.8 Å². The Kier molecular flexibility index (Phi) is 4.94. The molecule has 0 atom stereocenters. The fourth-order valence-corrected chi connectivity index (χ4v) is 4.85. The van der Waals surface area contributed by atoms with Crippen molar-refractivity contribution in [3.63, 3.8) is 0 Å². The molecule has 1 N–H and O–H groups in total. The third-order valence-corrected chi connectivity index (χ3v) is 7.02. The van der Waals surface area contributed by atoms with Crippen LogP contribution in [0.5, 0.6) is 0 Å². The number of sulfonamides is 1. The minimum atomic E-state index is -3.20. The Bertz CT molecular complexity index is 1400. The first-order valence-electron chi connectivity index (χ1n) is 10.1. The molecule has 1 aromatic carbocycles. The average Bonchev–Trinajstić information content (AvgIpc) is 3.40. The quantitative estimate of drug-likeness (QED) is 0.507. The number of piperazine rings is 1. The number of nitrogens with one attached hydrogen (secondary N) is 1. The third-order valence-electron chi connectivity index (χ3n) is 5.72. The predicted molar refractivity (Wildman–Crippen MR) is 120 cm³/mol. The highest BCUT2D eigenvalue weighted by molar-refractivity contribution is 7.88. The number of nitrogens with zero attached hydrogens (tertiary/aromatic N) is 6. The summed E-state index contributed by atoms with van der Waals surface area (Å²) in [5.74, 6) is 0.331. The Morgan fingerprint density at radius 2 is 1.84 bits per heavy atom. The molecule has 5 rings (SSSR count). The molecule has 1 fully saturated rings. The number of aromatic nitrogens is 5. The summed E-state index contributed by atoms with van der Waals surface area (Å²) in [7, 11) is -1.38. The maximum absolute atomic E-state index is 14.8. The van der Waals surface area contributed by atoms with Gasteiger partial charge in [-0.3, -0.25) is 9.78 Å². The number of benzene rings is 1. The van der Waals surface area contributed by atoms with E-state index in [1.54, 1.807) is 17.1 Å². The van der Waals surface area contributed by atoms with Crippen molar-refractivity contribution in [3.8, 4) is 22.4 Å². The van der Waals surface area contributed by atoms with Crippen molar-refractivity contribution < 1.29 is 12.8 Å². The fourth-order valence-electron chi connectivity index (χ4n) is 4.03. The number of hydrogen-bond donors (Lipinski definition) is 1. The molecule has 0 aliphatic carbocycles. The van der Waals surface area contributed by atoms with Crippen molar-refractivity contribution in [2.24, 2.45) is 7.05 Å². The lowest BCUT2D eigenvalue weighted by Gasteiger charge is -2.34. The van der Waals surface area contributed by atoms with Crippen LogP contribution in [0, 0.1) is 5.82 Å². The van der Waals surface area contributed by atoms with Gasteiger partial charge in [0.25, 0.3) is 0 Å². The lowest BCUT2D eigenvalue weighted by Crippen LogP contribution is -2.48. The second kappa shape index (κ2) is 7.68. The molecule has 3 aromatic heterocycles. The fraction of sp³-hybridized carbons (Fsp3) is 0.286. The van der Waals surface area contributed by atoms with Gasteiger partial charge in [0.15, 0.2) is 5.82 Å². The summed E-state index contributed by atoms with van der Waals surface area (Å²) in [6.45, 7) is 1.93. The Morgan fingerprint density at radius 1 is 1.06 bits per heavy atom. The molecule has 4 aromatic rings. The molecule has 0 unspecified atom stereocenters. The molecule has 0 saturated carbocycles. The van der Waals surface area contributed by atoms with Crippen LogP contribution in [0.4, 0.5) is 10.2 Å². The van der Waals surface area contributed by atoms with Crippen LogP contribution < -0.4 is 4.90 Å². The zero-order valence-electron chi connectivity index (χ0n) is 17.7. The Labute approximate surface area is 184 Å². The van der Waals surface area contributed by atoms with Crippen molar-refractivity contribution in [1.29, 1.82) is 0 Å². The van der Waals surface area contributed by atoms with Crippen LogP contribution >= 0.6 is 0 Å². The number of anilines is 1. The van der Waals surface area contributed by atoms with Gasteiger partial charge in [0, 0.05) is 62.1 Å². The van der Waals surface area contributed by atoms with Crippen LogP contribution in [0.25, 0.3) is 33.3 Å². The number of rotatable bonds is 4. The summed E-state index contributed by atoms with van der Waals surface area (Å²) in [6.07, 6.45) is 6.45. The van der Waals surface area contributed by atoms with Gasteiger partial charge in [-0.15, -0.1) is 0 Å². The molecule has 166 valence electrons. The lowest BCUT2D eigenvalue weighted by atomic mass is 10.0. The Hall–Kier alpha value is -3.31. The maximum Gasteiger partial charge on any atom is 0.211 e. The molecule has 9 nitrogen and oxygen atoms in total. The third kappa shape index (κ3) is 3.73. The average molecular weight is 456 g/mol. The highest BCUT2D eigenvalue weighted by Gasteiger charge is 2.24. The summed E-state index contributed by atoms with van der Waals surface area (Å²) in [5, 5.41) is 12.0. The van der Waals surface area contributed by atoms with Gasteiger partial charge in [0.05, 0.1) is 18.1 Å². The topological polar surface area (TPSA) is 100 Å². The minimum absolute atomic E-state index is 0.271. The molecule has 11 heteroatoms. The molecule has 0 spiro atoms. The van der Waals surface area contributed by atoms with Crippen LogP contribution in [0.1, 0.15) is 0 Å². The molecule has 4 heterocycles. The van der Waals surface area contributed by atoms with E-state index in [-0.39, 0.29) is 5.52 Å². The maximum atomic E-state index is 14.8. The van der Waals surface area contributed by atoms with Crippen molar-refractivity contribution >= 4 is 26.7 Å². The smallest absolute Gasteiger partial charge is 0.211 e. The second-order valence-corrected chi connectivity index (χ2v) is 9.89. The van der Waals surface area contributed by atoms with E-state index in [1.807, 2.05) is 36.3 Å². The van der Waals surface area contributed by atoms with E-state index >= 15 is 0 Å². The van der Waals surface area contributed by atoms with Crippen LogP contribution in [0.15, 0.2) is 42.9 Å². The van der Waals surface area contributed by atoms with E-state index in [1.165, 1.54) is 16.6 Å². The van der Waals surface area contributed by atoms with Crippen LogP contribution in [-0.2, 0) is 17.1 Å². The molecule has 1 aliphatic heterocycles. The number of aromatic amines is 1. The van der Waals surface area contributed by atoms with Crippen molar-refractivity contribution in [2.75, 3.05) is 37.3 Å². The van der Waals surface area contributed by atoms with E-state index in [4.69, 9.17) is 0 Å². The molecular formula is C21H22FN7O2S.